The SMILES string of the molecule is COC(=O)NC[C@@H]1CCN(Cc2ccc(OC)c(O)c2)C[C@H]1O. The molecule has 7 heteroatoms. The first-order valence-electron chi connectivity index (χ1n) is 7.61. The van der Waals surface area contributed by atoms with Crippen LogP contribution in [0.1, 0.15) is 12.0 Å². The molecular formula is C16H24N2O5. The highest BCUT2D eigenvalue weighted by atomic mass is 16.5. The van der Waals surface area contributed by atoms with Gasteiger partial charge in [0.15, 0.2) is 11.5 Å². The van der Waals surface area contributed by atoms with Crippen LogP contribution in [0, 0.1) is 5.92 Å². The van der Waals surface area contributed by atoms with Crippen molar-refractivity contribution in [3.63, 3.8) is 0 Å². The molecule has 1 amide bonds. The zero-order valence-electron chi connectivity index (χ0n) is 13.5. The quantitative estimate of drug-likeness (QED) is 0.747. The van der Waals surface area contributed by atoms with Crippen LogP contribution < -0.4 is 10.1 Å². The van der Waals surface area contributed by atoms with Crippen LogP contribution in [0.4, 0.5) is 4.79 Å². The van der Waals surface area contributed by atoms with E-state index in [-0.39, 0.29) is 11.7 Å². The van der Waals surface area contributed by atoms with E-state index < -0.39 is 12.2 Å². The van der Waals surface area contributed by atoms with E-state index in [9.17, 15) is 15.0 Å². The molecule has 1 saturated heterocycles. The Labute approximate surface area is 135 Å². The van der Waals surface area contributed by atoms with Gasteiger partial charge in [-0.3, -0.25) is 4.90 Å². The number of likely N-dealkylation sites (tertiary alicyclic amines) is 1. The Morgan fingerprint density at radius 1 is 1.43 bits per heavy atom. The van der Waals surface area contributed by atoms with E-state index in [0.717, 1.165) is 18.5 Å². The zero-order chi connectivity index (χ0) is 16.8. The number of aromatic hydroxyl groups is 1. The number of nitrogens with zero attached hydrogens (tertiary/aromatic N) is 1. The van der Waals surface area contributed by atoms with E-state index >= 15 is 0 Å². The molecule has 1 heterocycles. The second-order valence-corrected chi connectivity index (χ2v) is 5.73. The van der Waals surface area contributed by atoms with Crippen LogP contribution in [0.3, 0.4) is 0 Å². The van der Waals surface area contributed by atoms with Gasteiger partial charge in [-0.1, -0.05) is 6.07 Å². The number of phenols is 1. The average Bonchev–Trinajstić information content (AvgIpc) is 2.54. The lowest BCUT2D eigenvalue weighted by molar-refractivity contribution is 0.0190. The third-order valence-corrected chi connectivity index (χ3v) is 4.15. The fraction of sp³-hybridized carbons (Fsp3) is 0.562. The standard InChI is InChI=1S/C16H24N2O5/c1-22-15-4-3-11(7-13(15)19)9-18-6-5-12(14(20)10-18)8-17-16(21)23-2/h3-4,7,12,14,19-20H,5-6,8-10H2,1-2H3,(H,17,21)/t12-,14+/m0/s1. The number of amides is 1. The fourth-order valence-corrected chi connectivity index (χ4v) is 2.81. The van der Waals surface area contributed by atoms with Crippen molar-refractivity contribution in [2.75, 3.05) is 33.9 Å². The maximum atomic E-state index is 11.1. The number of rotatable bonds is 5. The monoisotopic (exact) mass is 324 g/mol. The van der Waals surface area contributed by atoms with E-state index in [1.165, 1.54) is 14.2 Å². The van der Waals surface area contributed by atoms with Gasteiger partial charge in [0.1, 0.15) is 0 Å². The normalized spacial score (nSPS) is 21.7. The summed E-state index contributed by atoms with van der Waals surface area (Å²) in [6, 6.07) is 5.31. The summed E-state index contributed by atoms with van der Waals surface area (Å²) >= 11 is 0. The first-order valence-corrected chi connectivity index (χ1v) is 7.61. The van der Waals surface area contributed by atoms with Crippen LogP contribution in [-0.2, 0) is 11.3 Å². The van der Waals surface area contributed by atoms with Crippen molar-refractivity contribution >= 4 is 6.09 Å². The number of alkyl carbamates (subject to hydrolysis) is 1. The molecule has 2 rings (SSSR count). The van der Waals surface area contributed by atoms with E-state index in [1.807, 2.05) is 6.07 Å². The van der Waals surface area contributed by atoms with E-state index in [4.69, 9.17) is 4.74 Å². The van der Waals surface area contributed by atoms with Crippen LogP contribution in [0.5, 0.6) is 11.5 Å². The Hall–Kier alpha value is -1.99. The highest BCUT2D eigenvalue weighted by molar-refractivity contribution is 5.66. The molecule has 3 N–H and O–H groups in total. The largest absolute Gasteiger partial charge is 0.504 e. The van der Waals surface area contributed by atoms with Crippen molar-refractivity contribution in [2.45, 2.75) is 19.1 Å². The van der Waals surface area contributed by atoms with Gasteiger partial charge in [-0.25, -0.2) is 4.79 Å². The summed E-state index contributed by atoms with van der Waals surface area (Å²) in [5.41, 5.74) is 0.960. The molecule has 23 heavy (non-hydrogen) atoms. The molecule has 1 aromatic rings. The lowest BCUT2D eigenvalue weighted by Crippen LogP contribution is -2.47. The first-order chi connectivity index (χ1) is 11.0. The summed E-state index contributed by atoms with van der Waals surface area (Å²) in [5.74, 6) is 0.582. The number of ether oxygens (including phenoxy) is 2. The molecule has 0 spiro atoms. The second kappa shape index (κ2) is 8.03. The number of carbonyl (C=O) groups is 1. The molecule has 2 atom stereocenters. The van der Waals surface area contributed by atoms with Gasteiger partial charge >= 0.3 is 6.09 Å². The molecule has 1 aliphatic rings. The maximum absolute atomic E-state index is 11.1. The number of methoxy groups -OCH3 is 2. The Morgan fingerprint density at radius 3 is 2.83 bits per heavy atom. The van der Waals surface area contributed by atoms with Crippen molar-refractivity contribution in [1.29, 1.82) is 0 Å². The highest BCUT2D eigenvalue weighted by Crippen LogP contribution is 2.27. The number of carbonyl (C=O) groups excluding carboxylic acids is 1. The minimum absolute atomic E-state index is 0.0228. The number of β-amino-alcohol motifs (C(OH)–C–C–N with tert-alkyl or cyclic N) is 1. The lowest BCUT2D eigenvalue weighted by atomic mass is 9.93. The minimum atomic E-state index is -0.507. The van der Waals surface area contributed by atoms with E-state index in [0.29, 0.717) is 25.4 Å². The molecule has 1 aliphatic heterocycles. The number of phenolic OH excluding ortho intramolecular Hbond substituents is 1. The summed E-state index contributed by atoms with van der Waals surface area (Å²) in [5, 5.41) is 22.7. The summed E-state index contributed by atoms with van der Waals surface area (Å²) in [6.45, 7) is 2.40. The van der Waals surface area contributed by atoms with Crippen molar-refractivity contribution < 1.29 is 24.5 Å². The lowest BCUT2D eigenvalue weighted by Gasteiger charge is -2.36. The predicted molar refractivity (Wildman–Crippen MR) is 84.5 cm³/mol. The van der Waals surface area contributed by atoms with Crippen LogP contribution in [0.25, 0.3) is 0 Å². The molecule has 1 fully saturated rings. The topological polar surface area (TPSA) is 91.3 Å². The highest BCUT2D eigenvalue weighted by Gasteiger charge is 2.28. The number of aliphatic hydroxyl groups is 1. The van der Waals surface area contributed by atoms with E-state index in [2.05, 4.69) is 15.0 Å². The number of nitrogens with one attached hydrogen (secondary N) is 1. The zero-order valence-corrected chi connectivity index (χ0v) is 13.5. The van der Waals surface area contributed by atoms with Gasteiger partial charge in [0.2, 0.25) is 0 Å². The number of piperidine rings is 1. The average molecular weight is 324 g/mol. The Bertz CT molecular complexity index is 537. The molecule has 0 bridgehead atoms. The number of hydrogen-bond donors (Lipinski definition) is 3. The smallest absolute Gasteiger partial charge is 0.406 e. The van der Waals surface area contributed by atoms with Gasteiger partial charge in [-0.05, 0) is 30.7 Å². The van der Waals surface area contributed by atoms with Crippen LogP contribution >= 0.6 is 0 Å². The molecule has 128 valence electrons. The van der Waals surface area contributed by atoms with Gasteiger partial charge in [0, 0.05) is 25.6 Å². The Balaban J connectivity index is 1.85. The summed E-state index contributed by atoms with van der Waals surface area (Å²) in [4.78, 5) is 13.2. The van der Waals surface area contributed by atoms with Gasteiger partial charge < -0.3 is 25.0 Å². The van der Waals surface area contributed by atoms with Crippen molar-refractivity contribution in [2.24, 2.45) is 5.92 Å². The molecule has 0 radical (unpaired) electrons. The van der Waals surface area contributed by atoms with Gasteiger partial charge in [0.05, 0.1) is 20.3 Å². The summed E-state index contributed by atoms with van der Waals surface area (Å²) in [6.07, 6.45) is -0.200. The van der Waals surface area contributed by atoms with E-state index in [1.54, 1.807) is 12.1 Å². The number of aliphatic hydroxyl groups excluding tert-OH is 1. The summed E-state index contributed by atoms with van der Waals surface area (Å²) in [7, 11) is 2.83. The molecular weight excluding hydrogens is 300 g/mol. The Morgan fingerprint density at radius 2 is 2.22 bits per heavy atom. The molecule has 0 saturated carbocycles. The Kier molecular flexibility index (Phi) is 6.06. The van der Waals surface area contributed by atoms with Crippen molar-refractivity contribution in [3.05, 3.63) is 23.8 Å². The molecule has 0 aliphatic carbocycles. The molecule has 1 aromatic carbocycles. The molecule has 7 nitrogen and oxygen atoms in total. The number of hydrogen-bond acceptors (Lipinski definition) is 6. The van der Waals surface area contributed by atoms with Crippen molar-refractivity contribution in [1.82, 2.24) is 10.2 Å². The maximum Gasteiger partial charge on any atom is 0.406 e. The predicted octanol–water partition coefficient (Wildman–Crippen LogP) is 0.940. The molecule has 0 aromatic heterocycles. The third kappa shape index (κ3) is 4.74. The van der Waals surface area contributed by atoms with Crippen LogP contribution in [0.2, 0.25) is 0 Å². The first kappa shape index (κ1) is 17.4. The fourth-order valence-electron chi connectivity index (χ4n) is 2.81. The second-order valence-electron chi connectivity index (χ2n) is 5.73. The van der Waals surface area contributed by atoms with Crippen molar-refractivity contribution in [3.8, 4) is 11.5 Å². The van der Waals surface area contributed by atoms with Gasteiger partial charge in [-0.15, -0.1) is 0 Å². The summed E-state index contributed by atoms with van der Waals surface area (Å²) < 4.78 is 9.56. The van der Waals surface area contributed by atoms with Crippen LogP contribution in [-0.4, -0.2) is 61.2 Å². The number of benzene rings is 1. The van der Waals surface area contributed by atoms with Crippen LogP contribution in [0.15, 0.2) is 18.2 Å². The molecule has 0 unspecified atom stereocenters. The van der Waals surface area contributed by atoms with Gasteiger partial charge in [-0.2, -0.15) is 0 Å². The minimum Gasteiger partial charge on any atom is -0.504 e. The van der Waals surface area contributed by atoms with Gasteiger partial charge in [0.25, 0.3) is 0 Å². The third-order valence-electron chi connectivity index (χ3n) is 4.15.